The van der Waals surface area contributed by atoms with Crippen LogP contribution in [0.2, 0.25) is 0 Å². The molecule has 0 aliphatic heterocycles. The summed E-state index contributed by atoms with van der Waals surface area (Å²) in [7, 11) is 0. The Labute approximate surface area is 205 Å². The molecule has 0 fully saturated rings. The second-order valence-electron chi connectivity index (χ2n) is 9.14. The highest BCUT2D eigenvalue weighted by Gasteiger charge is 2.31. The number of aliphatic carboxylic acids is 1. The van der Waals surface area contributed by atoms with Crippen LogP contribution in [0.3, 0.4) is 0 Å². The molecule has 2 atom stereocenters. The quantitative estimate of drug-likeness (QED) is 0.517. The summed E-state index contributed by atoms with van der Waals surface area (Å²) in [6.45, 7) is 2.92. The Hall–Kier alpha value is -3.61. The van der Waals surface area contributed by atoms with Crippen LogP contribution in [0.4, 0.5) is 4.79 Å². The summed E-state index contributed by atoms with van der Waals surface area (Å²) in [5.74, 6) is -1.28. The molecule has 184 valence electrons. The molecule has 0 spiro atoms. The van der Waals surface area contributed by atoms with Gasteiger partial charge in [0.25, 0.3) is 0 Å². The van der Waals surface area contributed by atoms with E-state index in [2.05, 4.69) is 29.6 Å². The highest BCUT2D eigenvalue weighted by atomic mass is 16.5. The molecule has 0 unspecified atom stereocenters. The second-order valence-corrected chi connectivity index (χ2v) is 9.14. The fourth-order valence-electron chi connectivity index (χ4n) is 5.08. The molecule has 2 aromatic rings. The molecule has 0 radical (unpaired) electrons. The maximum absolute atomic E-state index is 13.0. The molecule has 2 N–H and O–H groups in total. The number of hydrogen-bond acceptors (Lipinski definition) is 4. The lowest BCUT2D eigenvalue weighted by Gasteiger charge is -2.30. The zero-order valence-corrected chi connectivity index (χ0v) is 20.0. The predicted molar refractivity (Wildman–Crippen MR) is 133 cm³/mol. The van der Waals surface area contributed by atoms with Crippen LogP contribution in [-0.4, -0.2) is 53.7 Å². The van der Waals surface area contributed by atoms with Crippen molar-refractivity contribution in [2.75, 3.05) is 19.7 Å². The number of amides is 2. The van der Waals surface area contributed by atoms with Crippen LogP contribution in [0.5, 0.6) is 0 Å². The molecule has 2 aliphatic rings. The van der Waals surface area contributed by atoms with Crippen LogP contribution in [0.25, 0.3) is 11.1 Å². The summed E-state index contributed by atoms with van der Waals surface area (Å²) in [4.78, 5) is 38.3. The molecule has 0 saturated carbocycles. The molecule has 7 nitrogen and oxygen atoms in total. The lowest BCUT2D eigenvalue weighted by molar-refractivity contribution is -0.140. The first-order valence-corrected chi connectivity index (χ1v) is 12.3. The number of nitrogens with one attached hydrogen (secondary N) is 1. The Morgan fingerprint density at radius 3 is 2.31 bits per heavy atom. The lowest BCUT2D eigenvalue weighted by Crippen LogP contribution is -2.43. The third-order valence-corrected chi connectivity index (χ3v) is 6.72. The number of allylic oxidation sites excluding steroid dienone is 1. The third-order valence-electron chi connectivity index (χ3n) is 6.72. The Morgan fingerprint density at radius 2 is 1.69 bits per heavy atom. The average Bonchev–Trinajstić information content (AvgIpc) is 3.18. The van der Waals surface area contributed by atoms with E-state index < -0.39 is 12.1 Å². The van der Waals surface area contributed by atoms with Gasteiger partial charge in [-0.25, -0.2) is 4.79 Å². The normalized spacial score (nSPS) is 18.4. The average molecular weight is 477 g/mol. The van der Waals surface area contributed by atoms with Gasteiger partial charge in [0.15, 0.2) is 0 Å². The van der Waals surface area contributed by atoms with Crippen molar-refractivity contribution in [2.24, 2.45) is 5.92 Å². The Bertz CT molecular complexity index is 1070. The molecule has 7 heteroatoms. The zero-order valence-electron chi connectivity index (χ0n) is 20.0. The van der Waals surface area contributed by atoms with Crippen LogP contribution in [0.15, 0.2) is 60.7 Å². The summed E-state index contributed by atoms with van der Waals surface area (Å²) in [5.41, 5.74) is 4.66. The van der Waals surface area contributed by atoms with Crippen LogP contribution in [0, 0.1) is 5.92 Å². The minimum absolute atomic E-state index is 0.0128. The van der Waals surface area contributed by atoms with Crippen molar-refractivity contribution in [3.8, 4) is 11.1 Å². The zero-order chi connectivity index (χ0) is 24.8. The second kappa shape index (κ2) is 11.2. The minimum atomic E-state index is -0.919. The van der Waals surface area contributed by atoms with Gasteiger partial charge >= 0.3 is 12.1 Å². The molecule has 2 aromatic carbocycles. The topological polar surface area (TPSA) is 95.9 Å². The Kier molecular flexibility index (Phi) is 7.85. The van der Waals surface area contributed by atoms with Crippen molar-refractivity contribution in [3.05, 3.63) is 71.8 Å². The Morgan fingerprint density at radius 1 is 1.03 bits per heavy atom. The molecule has 0 saturated heterocycles. The molecule has 0 bridgehead atoms. The summed E-state index contributed by atoms with van der Waals surface area (Å²) < 4.78 is 5.64. The summed E-state index contributed by atoms with van der Waals surface area (Å²) in [5, 5.41) is 11.9. The molecule has 0 heterocycles. The van der Waals surface area contributed by atoms with Gasteiger partial charge in [-0.2, -0.15) is 0 Å². The van der Waals surface area contributed by atoms with Gasteiger partial charge in [-0.1, -0.05) is 67.6 Å². The maximum Gasteiger partial charge on any atom is 0.407 e. The summed E-state index contributed by atoms with van der Waals surface area (Å²) in [6.07, 6.45) is 5.02. The van der Waals surface area contributed by atoms with E-state index in [0.29, 0.717) is 19.4 Å². The number of rotatable bonds is 9. The molecular weight excluding hydrogens is 444 g/mol. The van der Waals surface area contributed by atoms with Crippen LogP contribution < -0.4 is 5.32 Å². The van der Waals surface area contributed by atoms with Crippen molar-refractivity contribution in [2.45, 2.75) is 44.6 Å². The van der Waals surface area contributed by atoms with Crippen molar-refractivity contribution in [1.29, 1.82) is 0 Å². The number of carboxylic acid groups (broad SMARTS) is 1. The van der Waals surface area contributed by atoms with Crippen molar-refractivity contribution < 1.29 is 24.2 Å². The number of benzene rings is 2. The van der Waals surface area contributed by atoms with E-state index in [1.807, 2.05) is 43.3 Å². The fourth-order valence-corrected chi connectivity index (χ4v) is 5.08. The van der Waals surface area contributed by atoms with Crippen molar-refractivity contribution in [1.82, 2.24) is 10.2 Å². The summed E-state index contributed by atoms with van der Waals surface area (Å²) in [6, 6.07) is 16.1. The minimum Gasteiger partial charge on any atom is -0.481 e. The predicted octanol–water partition coefficient (Wildman–Crippen LogP) is 4.57. The number of nitrogens with zero attached hydrogens (tertiary/aromatic N) is 1. The van der Waals surface area contributed by atoms with E-state index in [0.717, 1.165) is 17.5 Å². The van der Waals surface area contributed by atoms with Gasteiger partial charge in [-0.15, -0.1) is 0 Å². The standard InChI is InChI=1S/C28H32N2O5/c1-2-15-30(16-14-26(31)32)27(33)19-8-7-9-20(17-19)29-28(34)35-18-25-23-12-5-3-10-21(23)22-11-4-6-13-24(22)25/h3-7,9-13,19-20,25H,2,8,14-18H2,1H3,(H,29,34)(H,31,32)/t19-,20-/m1/s1. The smallest absolute Gasteiger partial charge is 0.407 e. The van der Waals surface area contributed by atoms with Gasteiger partial charge in [0.05, 0.1) is 12.5 Å². The van der Waals surface area contributed by atoms with Crippen LogP contribution >= 0.6 is 0 Å². The molecule has 2 aliphatic carbocycles. The molecular formula is C28H32N2O5. The van der Waals surface area contributed by atoms with E-state index in [-0.39, 0.29) is 43.4 Å². The van der Waals surface area contributed by atoms with E-state index in [1.165, 1.54) is 11.1 Å². The molecule has 4 rings (SSSR count). The number of carbonyl (C=O) groups is 3. The van der Waals surface area contributed by atoms with Crippen LogP contribution in [-0.2, 0) is 14.3 Å². The SMILES string of the molecule is CCCN(CCC(=O)O)C(=O)[C@@H]1CC=C[C@@H](NC(=O)OCC2c3ccccc3-c3ccccc32)C1. The number of alkyl carbamates (subject to hydrolysis) is 1. The van der Waals surface area contributed by atoms with Gasteiger partial charge in [-0.3, -0.25) is 9.59 Å². The van der Waals surface area contributed by atoms with E-state index in [1.54, 1.807) is 4.90 Å². The first kappa shape index (κ1) is 24.5. The summed E-state index contributed by atoms with van der Waals surface area (Å²) >= 11 is 0. The van der Waals surface area contributed by atoms with Gasteiger partial charge < -0.3 is 20.1 Å². The highest BCUT2D eigenvalue weighted by Crippen LogP contribution is 2.44. The first-order chi connectivity index (χ1) is 17.0. The van der Waals surface area contributed by atoms with Gasteiger partial charge in [-0.05, 0) is 41.5 Å². The maximum atomic E-state index is 13.0. The van der Waals surface area contributed by atoms with Crippen molar-refractivity contribution >= 4 is 18.0 Å². The third kappa shape index (κ3) is 5.73. The first-order valence-electron chi connectivity index (χ1n) is 12.3. The number of carboxylic acids is 1. The van der Waals surface area contributed by atoms with Gasteiger partial charge in [0.2, 0.25) is 5.91 Å². The largest absolute Gasteiger partial charge is 0.481 e. The lowest BCUT2D eigenvalue weighted by atomic mass is 9.89. The van der Waals surface area contributed by atoms with E-state index in [4.69, 9.17) is 9.84 Å². The molecule has 35 heavy (non-hydrogen) atoms. The van der Waals surface area contributed by atoms with Gasteiger partial charge in [0, 0.05) is 24.9 Å². The highest BCUT2D eigenvalue weighted by molar-refractivity contribution is 5.81. The van der Waals surface area contributed by atoms with Gasteiger partial charge in [0.1, 0.15) is 6.61 Å². The molecule has 0 aromatic heterocycles. The van der Waals surface area contributed by atoms with Crippen molar-refractivity contribution in [3.63, 3.8) is 0 Å². The number of carbonyl (C=O) groups excluding carboxylic acids is 2. The van der Waals surface area contributed by atoms with E-state index in [9.17, 15) is 14.4 Å². The number of hydrogen-bond donors (Lipinski definition) is 2. The molecule has 2 amide bonds. The monoisotopic (exact) mass is 476 g/mol. The number of ether oxygens (including phenoxy) is 1. The van der Waals surface area contributed by atoms with Crippen LogP contribution in [0.1, 0.15) is 49.7 Å². The fraction of sp³-hybridized carbons (Fsp3) is 0.393. The number of fused-ring (bicyclic) bond motifs is 3. The van der Waals surface area contributed by atoms with E-state index >= 15 is 0 Å². The Balaban J connectivity index is 1.33.